The van der Waals surface area contributed by atoms with Gasteiger partial charge in [-0.05, 0) is 32.3 Å². The Morgan fingerprint density at radius 1 is 1.35 bits per heavy atom. The van der Waals surface area contributed by atoms with Gasteiger partial charge in [0, 0.05) is 31.2 Å². The Labute approximate surface area is 101 Å². The number of nitrogens with one attached hydrogen (secondary N) is 1. The van der Waals surface area contributed by atoms with Crippen LogP contribution in [-0.2, 0) is 0 Å². The Balaban J connectivity index is 2.68. The van der Waals surface area contributed by atoms with Crippen molar-refractivity contribution < 1.29 is 8.78 Å². The van der Waals surface area contributed by atoms with Crippen molar-refractivity contribution in [3.8, 4) is 0 Å². The molecule has 0 spiro atoms. The van der Waals surface area contributed by atoms with Gasteiger partial charge in [-0.3, -0.25) is 0 Å². The molecule has 17 heavy (non-hydrogen) atoms. The van der Waals surface area contributed by atoms with E-state index in [0.717, 1.165) is 18.7 Å². The normalized spacial score (nSPS) is 13.1. The molecule has 0 radical (unpaired) electrons. The lowest BCUT2D eigenvalue weighted by Crippen LogP contribution is -2.34. The Morgan fingerprint density at radius 3 is 2.65 bits per heavy atom. The summed E-state index contributed by atoms with van der Waals surface area (Å²) in [6, 6.07) is 3.06. The molecule has 96 valence electrons. The van der Waals surface area contributed by atoms with Crippen LogP contribution < -0.4 is 11.1 Å². The van der Waals surface area contributed by atoms with Gasteiger partial charge in [0.05, 0.1) is 0 Å². The molecule has 3 nitrogen and oxygen atoms in total. The number of halogens is 2. The Kier molecular flexibility index (Phi) is 5.47. The van der Waals surface area contributed by atoms with Crippen molar-refractivity contribution in [2.24, 2.45) is 5.73 Å². The maximum absolute atomic E-state index is 13.5. The number of hydrogen-bond donors (Lipinski definition) is 2. The highest BCUT2D eigenvalue weighted by Gasteiger charge is 2.14. The fourth-order valence-corrected chi connectivity index (χ4v) is 1.56. The minimum absolute atomic E-state index is 0.230. The average molecular weight is 243 g/mol. The first kappa shape index (κ1) is 14.0. The number of benzene rings is 1. The second kappa shape index (κ2) is 6.64. The lowest BCUT2D eigenvalue weighted by molar-refractivity contribution is 0.382. The van der Waals surface area contributed by atoms with E-state index in [1.54, 1.807) is 0 Å². The Bertz CT molecular complexity index is 356. The van der Waals surface area contributed by atoms with Crippen LogP contribution in [-0.4, -0.2) is 38.6 Å². The molecule has 0 aromatic heterocycles. The number of rotatable bonds is 6. The molecule has 0 aliphatic rings. The van der Waals surface area contributed by atoms with Crippen molar-refractivity contribution >= 4 is 0 Å². The molecule has 0 saturated heterocycles. The van der Waals surface area contributed by atoms with Crippen molar-refractivity contribution in [3.63, 3.8) is 0 Å². The summed E-state index contributed by atoms with van der Waals surface area (Å²) < 4.78 is 26.6. The summed E-state index contributed by atoms with van der Waals surface area (Å²) in [6.45, 7) is 1.71. The maximum atomic E-state index is 13.5. The van der Waals surface area contributed by atoms with E-state index < -0.39 is 11.6 Å². The lowest BCUT2D eigenvalue weighted by atomic mass is 10.1. The number of likely N-dealkylation sites (N-methyl/N-ethyl adjacent to an activating group) is 1. The number of nitrogens with two attached hydrogens (primary N) is 1. The lowest BCUT2D eigenvalue weighted by Gasteiger charge is -2.19. The Morgan fingerprint density at radius 2 is 2.06 bits per heavy atom. The molecule has 5 heteroatoms. The summed E-state index contributed by atoms with van der Waals surface area (Å²) in [5.41, 5.74) is 5.86. The molecule has 0 amide bonds. The minimum Gasteiger partial charge on any atom is -0.329 e. The average Bonchev–Trinajstić information content (AvgIpc) is 2.28. The molecule has 1 atom stereocenters. The molecule has 0 saturated carbocycles. The van der Waals surface area contributed by atoms with Gasteiger partial charge in [0.2, 0.25) is 0 Å². The van der Waals surface area contributed by atoms with Crippen LogP contribution in [0.1, 0.15) is 11.6 Å². The van der Waals surface area contributed by atoms with E-state index in [9.17, 15) is 8.78 Å². The standard InChI is InChI=1S/C12H19F2N3/c1-17(2)6-5-16-12(8-15)10-7-9(13)3-4-11(10)14/h3-4,7,12,16H,5-6,8,15H2,1-2H3. The van der Waals surface area contributed by atoms with Gasteiger partial charge in [-0.15, -0.1) is 0 Å². The highest BCUT2D eigenvalue weighted by Crippen LogP contribution is 2.17. The number of nitrogens with zero attached hydrogens (tertiary/aromatic N) is 1. The first-order chi connectivity index (χ1) is 8.04. The van der Waals surface area contributed by atoms with E-state index in [1.807, 2.05) is 19.0 Å². The third-order valence-corrected chi connectivity index (χ3v) is 2.52. The summed E-state index contributed by atoms with van der Waals surface area (Å²) >= 11 is 0. The minimum atomic E-state index is -0.450. The van der Waals surface area contributed by atoms with Gasteiger partial charge in [0.15, 0.2) is 0 Å². The summed E-state index contributed by atoms with van der Waals surface area (Å²) in [7, 11) is 3.89. The third kappa shape index (κ3) is 4.38. The van der Waals surface area contributed by atoms with Gasteiger partial charge in [0.25, 0.3) is 0 Å². The maximum Gasteiger partial charge on any atom is 0.128 e. The van der Waals surface area contributed by atoms with E-state index in [2.05, 4.69) is 5.32 Å². The van der Waals surface area contributed by atoms with Crippen LogP contribution in [0.3, 0.4) is 0 Å². The zero-order valence-electron chi connectivity index (χ0n) is 10.2. The first-order valence-corrected chi connectivity index (χ1v) is 5.57. The fourth-order valence-electron chi connectivity index (χ4n) is 1.56. The third-order valence-electron chi connectivity index (χ3n) is 2.52. The van der Waals surface area contributed by atoms with Gasteiger partial charge >= 0.3 is 0 Å². The molecule has 0 aliphatic carbocycles. The second-order valence-electron chi connectivity index (χ2n) is 4.21. The van der Waals surface area contributed by atoms with Crippen molar-refractivity contribution in [1.29, 1.82) is 0 Å². The molecule has 1 rings (SSSR count). The quantitative estimate of drug-likeness (QED) is 0.786. The summed E-state index contributed by atoms with van der Waals surface area (Å²) in [4.78, 5) is 2.00. The van der Waals surface area contributed by atoms with E-state index >= 15 is 0 Å². The fraction of sp³-hybridized carbons (Fsp3) is 0.500. The molecule has 1 aromatic rings. The molecule has 0 heterocycles. The predicted octanol–water partition coefficient (Wildman–Crippen LogP) is 1.12. The summed E-state index contributed by atoms with van der Waals surface area (Å²) in [5, 5.41) is 3.11. The molecular weight excluding hydrogens is 224 g/mol. The highest BCUT2D eigenvalue weighted by atomic mass is 19.1. The van der Waals surface area contributed by atoms with Gasteiger partial charge in [-0.25, -0.2) is 8.78 Å². The molecule has 1 aromatic carbocycles. The van der Waals surface area contributed by atoms with Gasteiger partial charge in [-0.1, -0.05) is 0 Å². The van der Waals surface area contributed by atoms with Crippen LogP contribution in [0.15, 0.2) is 18.2 Å². The van der Waals surface area contributed by atoms with Crippen molar-refractivity contribution in [3.05, 3.63) is 35.4 Å². The molecule has 3 N–H and O–H groups in total. The van der Waals surface area contributed by atoms with Crippen LogP contribution in [0, 0.1) is 11.6 Å². The second-order valence-corrected chi connectivity index (χ2v) is 4.21. The van der Waals surface area contributed by atoms with E-state index in [-0.39, 0.29) is 18.2 Å². The van der Waals surface area contributed by atoms with Gasteiger partial charge in [-0.2, -0.15) is 0 Å². The molecule has 0 bridgehead atoms. The topological polar surface area (TPSA) is 41.3 Å². The van der Waals surface area contributed by atoms with Crippen LogP contribution >= 0.6 is 0 Å². The van der Waals surface area contributed by atoms with Crippen molar-refractivity contribution in [1.82, 2.24) is 10.2 Å². The Hall–Kier alpha value is -1.04. The first-order valence-electron chi connectivity index (χ1n) is 5.57. The molecule has 0 aliphatic heterocycles. The SMILES string of the molecule is CN(C)CCNC(CN)c1cc(F)ccc1F. The summed E-state index contributed by atoms with van der Waals surface area (Å²) in [6.07, 6.45) is 0. The molecular formula is C12H19F2N3. The monoisotopic (exact) mass is 243 g/mol. The number of hydrogen-bond acceptors (Lipinski definition) is 3. The van der Waals surface area contributed by atoms with Gasteiger partial charge < -0.3 is 16.0 Å². The largest absolute Gasteiger partial charge is 0.329 e. The zero-order chi connectivity index (χ0) is 12.8. The van der Waals surface area contributed by atoms with E-state index in [4.69, 9.17) is 5.73 Å². The van der Waals surface area contributed by atoms with Gasteiger partial charge in [0.1, 0.15) is 11.6 Å². The zero-order valence-corrected chi connectivity index (χ0v) is 10.2. The summed E-state index contributed by atoms with van der Waals surface area (Å²) in [5.74, 6) is -0.881. The van der Waals surface area contributed by atoms with Crippen molar-refractivity contribution in [2.75, 3.05) is 33.7 Å². The van der Waals surface area contributed by atoms with Crippen LogP contribution in [0.4, 0.5) is 8.78 Å². The van der Waals surface area contributed by atoms with E-state index in [0.29, 0.717) is 6.54 Å². The van der Waals surface area contributed by atoms with Crippen LogP contribution in [0.25, 0.3) is 0 Å². The van der Waals surface area contributed by atoms with Crippen LogP contribution in [0.5, 0.6) is 0 Å². The van der Waals surface area contributed by atoms with Crippen molar-refractivity contribution in [2.45, 2.75) is 6.04 Å². The molecule has 0 fully saturated rings. The smallest absolute Gasteiger partial charge is 0.128 e. The highest BCUT2D eigenvalue weighted by molar-refractivity contribution is 5.22. The van der Waals surface area contributed by atoms with Crippen LogP contribution in [0.2, 0.25) is 0 Å². The predicted molar refractivity (Wildman–Crippen MR) is 64.7 cm³/mol. The molecule has 1 unspecified atom stereocenters. The van der Waals surface area contributed by atoms with E-state index in [1.165, 1.54) is 6.07 Å².